The van der Waals surface area contributed by atoms with Gasteiger partial charge < -0.3 is 19.1 Å². The van der Waals surface area contributed by atoms with Crippen molar-refractivity contribution in [3.8, 4) is 11.5 Å². The van der Waals surface area contributed by atoms with Crippen molar-refractivity contribution in [2.45, 2.75) is 26.8 Å². The molecule has 0 saturated carbocycles. The lowest BCUT2D eigenvalue weighted by Crippen LogP contribution is -2.39. The Labute approximate surface area is 159 Å². The molecular weight excluding hydrogens is 346 g/mol. The summed E-state index contributed by atoms with van der Waals surface area (Å²) in [4.78, 5) is 26.6. The molecule has 0 unspecified atom stereocenters. The van der Waals surface area contributed by atoms with Crippen molar-refractivity contribution in [2.75, 3.05) is 25.7 Å². The Morgan fingerprint density at radius 2 is 1.56 bits per heavy atom. The first-order valence-electron chi connectivity index (χ1n) is 8.65. The molecule has 2 aromatic rings. The topological polar surface area (TPSA) is 65.1 Å². The number of hydrogen-bond acceptors (Lipinski definition) is 5. The second-order valence-electron chi connectivity index (χ2n) is 6.27. The third-order valence-electron chi connectivity index (χ3n) is 4.13. The summed E-state index contributed by atoms with van der Waals surface area (Å²) in [7, 11) is 3.03. The van der Waals surface area contributed by atoms with E-state index in [0.717, 1.165) is 11.3 Å². The van der Waals surface area contributed by atoms with Crippen LogP contribution in [0.15, 0.2) is 42.5 Å². The van der Waals surface area contributed by atoms with Crippen molar-refractivity contribution in [1.82, 2.24) is 0 Å². The molecule has 1 amide bonds. The molecule has 0 aliphatic carbocycles. The minimum Gasteiger partial charge on any atom is -0.496 e. The summed E-state index contributed by atoms with van der Waals surface area (Å²) >= 11 is 0. The molecule has 0 aromatic heterocycles. The van der Waals surface area contributed by atoms with Gasteiger partial charge >= 0.3 is 5.97 Å². The normalized spacial score (nSPS) is 10.4. The molecule has 144 valence electrons. The Morgan fingerprint density at radius 3 is 2.04 bits per heavy atom. The van der Waals surface area contributed by atoms with Gasteiger partial charge in [0.05, 0.1) is 19.8 Å². The van der Waals surface area contributed by atoms with Crippen LogP contribution in [0.4, 0.5) is 5.69 Å². The minimum atomic E-state index is -0.614. The highest BCUT2D eigenvalue weighted by molar-refractivity contribution is 5.97. The zero-order chi connectivity index (χ0) is 20.0. The SMILES string of the molecule is COc1cc(C(=O)OCC(=O)N(c2ccccc2)C(C)C)cc(OC)c1C. The van der Waals surface area contributed by atoms with Crippen molar-refractivity contribution in [3.05, 3.63) is 53.6 Å². The van der Waals surface area contributed by atoms with Crippen LogP contribution in [0.25, 0.3) is 0 Å². The minimum absolute atomic E-state index is 0.0711. The van der Waals surface area contributed by atoms with E-state index in [-0.39, 0.29) is 24.1 Å². The molecule has 6 nitrogen and oxygen atoms in total. The van der Waals surface area contributed by atoms with E-state index in [0.29, 0.717) is 11.5 Å². The van der Waals surface area contributed by atoms with Gasteiger partial charge in [0.25, 0.3) is 5.91 Å². The zero-order valence-corrected chi connectivity index (χ0v) is 16.3. The van der Waals surface area contributed by atoms with Gasteiger partial charge in [-0.05, 0) is 45.0 Å². The Kier molecular flexibility index (Phi) is 6.82. The first-order valence-corrected chi connectivity index (χ1v) is 8.65. The molecule has 0 radical (unpaired) electrons. The van der Waals surface area contributed by atoms with E-state index >= 15 is 0 Å². The summed E-state index contributed by atoms with van der Waals surface area (Å²) in [5.41, 5.74) is 1.80. The largest absolute Gasteiger partial charge is 0.496 e. The first-order chi connectivity index (χ1) is 12.9. The molecule has 2 rings (SSSR count). The number of methoxy groups -OCH3 is 2. The number of carbonyl (C=O) groups excluding carboxylic acids is 2. The van der Waals surface area contributed by atoms with Crippen molar-refractivity contribution in [2.24, 2.45) is 0 Å². The van der Waals surface area contributed by atoms with E-state index in [1.165, 1.54) is 14.2 Å². The van der Waals surface area contributed by atoms with Crippen molar-refractivity contribution < 1.29 is 23.8 Å². The fraction of sp³-hybridized carbons (Fsp3) is 0.333. The van der Waals surface area contributed by atoms with Crippen molar-refractivity contribution in [1.29, 1.82) is 0 Å². The van der Waals surface area contributed by atoms with Crippen LogP contribution in [0.1, 0.15) is 29.8 Å². The van der Waals surface area contributed by atoms with Crippen molar-refractivity contribution in [3.63, 3.8) is 0 Å². The molecule has 0 bridgehead atoms. The van der Waals surface area contributed by atoms with Crippen LogP contribution >= 0.6 is 0 Å². The Bertz CT molecular complexity index is 776. The smallest absolute Gasteiger partial charge is 0.338 e. The lowest BCUT2D eigenvalue weighted by atomic mass is 10.1. The summed E-state index contributed by atoms with van der Waals surface area (Å²) in [6.45, 7) is 5.28. The monoisotopic (exact) mass is 371 g/mol. The van der Waals surface area contributed by atoms with E-state index < -0.39 is 5.97 Å². The molecular formula is C21H25NO5. The van der Waals surface area contributed by atoms with Crippen LogP contribution in [0.5, 0.6) is 11.5 Å². The van der Waals surface area contributed by atoms with Gasteiger partial charge in [-0.25, -0.2) is 4.79 Å². The van der Waals surface area contributed by atoms with E-state index in [2.05, 4.69) is 0 Å². The zero-order valence-electron chi connectivity index (χ0n) is 16.3. The average molecular weight is 371 g/mol. The number of benzene rings is 2. The highest BCUT2D eigenvalue weighted by atomic mass is 16.5. The van der Waals surface area contributed by atoms with Gasteiger partial charge in [-0.1, -0.05) is 18.2 Å². The predicted octanol–water partition coefficient (Wildman–Crippen LogP) is 3.61. The molecule has 0 heterocycles. The molecule has 6 heteroatoms. The molecule has 0 saturated heterocycles. The molecule has 0 spiro atoms. The van der Waals surface area contributed by atoms with Gasteiger partial charge in [0, 0.05) is 17.3 Å². The molecule has 0 aliphatic rings. The molecule has 0 N–H and O–H groups in total. The number of esters is 1. The van der Waals surface area contributed by atoms with Crippen LogP contribution in [-0.4, -0.2) is 38.7 Å². The second kappa shape index (κ2) is 9.07. The molecule has 0 fully saturated rings. The number of hydrogen-bond donors (Lipinski definition) is 0. The van der Waals surface area contributed by atoms with Crippen LogP contribution < -0.4 is 14.4 Å². The summed E-state index contributed by atoms with van der Waals surface area (Å²) in [5, 5.41) is 0. The maximum absolute atomic E-state index is 12.6. The van der Waals surface area contributed by atoms with Gasteiger partial charge in [0.2, 0.25) is 0 Å². The highest BCUT2D eigenvalue weighted by Crippen LogP contribution is 2.29. The number of para-hydroxylation sites is 1. The fourth-order valence-corrected chi connectivity index (χ4v) is 2.80. The first kappa shape index (κ1) is 20.3. The highest BCUT2D eigenvalue weighted by Gasteiger charge is 2.21. The maximum atomic E-state index is 12.6. The van der Waals surface area contributed by atoms with Gasteiger partial charge in [-0.3, -0.25) is 4.79 Å². The fourth-order valence-electron chi connectivity index (χ4n) is 2.80. The second-order valence-corrected chi connectivity index (χ2v) is 6.27. The third kappa shape index (κ3) is 4.78. The molecule has 2 aromatic carbocycles. The number of amides is 1. The van der Waals surface area contributed by atoms with Crippen LogP contribution in [0, 0.1) is 6.92 Å². The van der Waals surface area contributed by atoms with Gasteiger partial charge in [0.1, 0.15) is 11.5 Å². The Hall–Kier alpha value is -3.02. The number of nitrogens with zero attached hydrogens (tertiary/aromatic N) is 1. The molecule has 0 aliphatic heterocycles. The predicted molar refractivity (Wildman–Crippen MR) is 104 cm³/mol. The standard InChI is InChI=1S/C21H25NO5/c1-14(2)22(17-9-7-6-8-10-17)20(23)13-27-21(24)16-11-18(25-4)15(3)19(12-16)26-5/h6-12,14H,13H2,1-5H3. The maximum Gasteiger partial charge on any atom is 0.338 e. The number of carbonyl (C=O) groups is 2. The summed E-state index contributed by atoms with van der Waals surface area (Å²) < 4.78 is 15.8. The number of anilines is 1. The van der Waals surface area contributed by atoms with E-state index in [1.807, 2.05) is 51.1 Å². The summed E-state index contributed by atoms with van der Waals surface area (Å²) in [6, 6.07) is 12.3. The van der Waals surface area contributed by atoms with Crippen LogP contribution in [0.3, 0.4) is 0 Å². The third-order valence-corrected chi connectivity index (χ3v) is 4.13. The van der Waals surface area contributed by atoms with E-state index in [1.54, 1.807) is 17.0 Å². The van der Waals surface area contributed by atoms with Crippen LogP contribution in [0.2, 0.25) is 0 Å². The van der Waals surface area contributed by atoms with Gasteiger partial charge in [-0.15, -0.1) is 0 Å². The number of rotatable bonds is 7. The Morgan fingerprint density at radius 1 is 1.00 bits per heavy atom. The average Bonchev–Trinajstić information content (AvgIpc) is 2.67. The lowest BCUT2D eigenvalue weighted by molar-refractivity contribution is -0.122. The quantitative estimate of drug-likeness (QED) is 0.696. The van der Waals surface area contributed by atoms with Gasteiger partial charge in [-0.2, -0.15) is 0 Å². The van der Waals surface area contributed by atoms with E-state index in [9.17, 15) is 9.59 Å². The molecule has 0 atom stereocenters. The lowest BCUT2D eigenvalue weighted by Gasteiger charge is -2.26. The van der Waals surface area contributed by atoms with Crippen molar-refractivity contribution >= 4 is 17.6 Å². The summed E-state index contributed by atoms with van der Waals surface area (Å²) in [6.07, 6.45) is 0. The van der Waals surface area contributed by atoms with Gasteiger partial charge in [0.15, 0.2) is 6.61 Å². The Balaban J connectivity index is 2.13. The number of ether oxygens (including phenoxy) is 3. The van der Waals surface area contributed by atoms with E-state index in [4.69, 9.17) is 14.2 Å². The summed E-state index contributed by atoms with van der Waals surface area (Å²) in [5.74, 6) is 0.119. The molecule has 27 heavy (non-hydrogen) atoms. The van der Waals surface area contributed by atoms with Crippen LogP contribution in [-0.2, 0) is 9.53 Å².